The van der Waals surface area contributed by atoms with Gasteiger partial charge in [0, 0.05) is 35.5 Å². The molecule has 2 aromatic heterocycles. The summed E-state index contributed by atoms with van der Waals surface area (Å²) in [5.74, 6) is 2.40. The van der Waals surface area contributed by atoms with Crippen LogP contribution >= 0.6 is 11.8 Å². The second-order valence-corrected chi connectivity index (χ2v) is 7.88. The summed E-state index contributed by atoms with van der Waals surface area (Å²) in [5, 5.41) is 11.0. The maximum Gasteiger partial charge on any atom is 0.192 e. The Bertz CT molecular complexity index is 1280. The van der Waals surface area contributed by atoms with Crippen molar-refractivity contribution in [2.24, 2.45) is 7.05 Å². The van der Waals surface area contributed by atoms with Gasteiger partial charge in [-0.15, -0.1) is 15.9 Å². The van der Waals surface area contributed by atoms with E-state index in [0.29, 0.717) is 6.54 Å². The number of hydrogen-bond donors (Lipinski definition) is 0. The van der Waals surface area contributed by atoms with E-state index in [1.807, 2.05) is 24.3 Å². The number of methoxy groups -OCH3 is 1. The number of aromatic nitrogens is 4. The molecular weight excluding hydrogens is 380 g/mol. The minimum absolute atomic E-state index is 0.666. The van der Waals surface area contributed by atoms with Crippen LogP contribution in [-0.2, 0) is 13.6 Å². The number of ether oxygens (including phenoxy) is 1. The quantitative estimate of drug-likeness (QED) is 0.464. The summed E-state index contributed by atoms with van der Waals surface area (Å²) in [6.45, 7) is 0.666. The molecule has 0 spiro atoms. The van der Waals surface area contributed by atoms with Crippen LogP contribution in [0.1, 0.15) is 5.56 Å². The van der Waals surface area contributed by atoms with Crippen LogP contribution in [0.25, 0.3) is 27.9 Å². The highest BCUT2D eigenvalue weighted by Gasteiger charge is 2.18. The highest BCUT2D eigenvalue weighted by Crippen LogP contribution is 2.33. The van der Waals surface area contributed by atoms with E-state index in [1.54, 1.807) is 18.9 Å². The molecule has 0 amide bonds. The molecule has 144 valence electrons. The van der Waals surface area contributed by atoms with Gasteiger partial charge in [0.25, 0.3) is 0 Å². The number of nitrogens with zero attached hydrogens (tertiary/aromatic N) is 4. The summed E-state index contributed by atoms with van der Waals surface area (Å²) in [4.78, 5) is 0. The highest BCUT2D eigenvalue weighted by atomic mass is 32.2. The first kappa shape index (κ1) is 17.9. The van der Waals surface area contributed by atoms with Crippen molar-refractivity contribution >= 4 is 28.2 Å². The standard InChI is InChI=1S/C23H20N4OS/c1-26-13-11-17-14-16(9-10-20(17)26)18-6-5-12-27-22(24-25-23(27)29-15-18)19-7-3-4-8-21(19)28-2/h3-5,7-11,13-14H,12,15H2,1-2H3. The molecule has 0 aliphatic carbocycles. The summed E-state index contributed by atoms with van der Waals surface area (Å²) >= 11 is 1.69. The third-order valence-electron chi connectivity index (χ3n) is 5.19. The van der Waals surface area contributed by atoms with Crippen LogP contribution in [0.15, 0.2) is 71.7 Å². The van der Waals surface area contributed by atoms with Gasteiger partial charge >= 0.3 is 0 Å². The predicted molar refractivity (Wildman–Crippen MR) is 117 cm³/mol. The summed E-state index contributed by atoms with van der Waals surface area (Å²) in [5.41, 5.74) is 8.06. The fourth-order valence-corrected chi connectivity index (χ4v) is 4.60. The molecule has 0 fully saturated rings. The van der Waals surface area contributed by atoms with Crippen molar-refractivity contribution in [2.75, 3.05) is 12.9 Å². The van der Waals surface area contributed by atoms with Gasteiger partial charge in [-0.1, -0.05) is 30.0 Å². The van der Waals surface area contributed by atoms with Crippen LogP contribution in [0.4, 0.5) is 0 Å². The van der Waals surface area contributed by atoms with Gasteiger partial charge in [0.05, 0.1) is 19.2 Å². The molecule has 29 heavy (non-hydrogen) atoms. The fraction of sp³-hybridized carbons (Fsp3) is 0.174. The molecule has 0 unspecified atom stereocenters. The lowest BCUT2D eigenvalue weighted by Crippen LogP contribution is -2.03. The maximum absolute atomic E-state index is 5.51. The van der Waals surface area contributed by atoms with Crippen molar-refractivity contribution in [3.63, 3.8) is 0 Å². The van der Waals surface area contributed by atoms with Crippen molar-refractivity contribution in [1.82, 2.24) is 19.3 Å². The van der Waals surface area contributed by atoms with Gasteiger partial charge in [0.15, 0.2) is 11.0 Å². The monoisotopic (exact) mass is 400 g/mol. The van der Waals surface area contributed by atoms with Gasteiger partial charge in [-0.25, -0.2) is 0 Å². The minimum atomic E-state index is 0.666. The lowest BCUT2D eigenvalue weighted by Gasteiger charge is -2.12. The SMILES string of the molecule is COc1ccccc1-c1nnc2n1CC=C=C(c1ccc3c(ccn3C)c1)CS2. The van der Waals surface area contributed by atoms with E-state index < -0.39 is 0 Å². The molecule has 0 saturated heterocycles. The Kier molecular flexibility index (Phi) is 4.51. The van der Waals surface area contributed by atoms with Crippen LogP contribution in [0.2, 0.25) is 0 Å². The van der Waals surface area contributed by atoms with Crippen LogP contribution in [0, 0.1) is 0 Å². The van der Waals surface area contributed by atoms with E-state index in [-0.39, 0.29) is 0 Å². The van der Waals surface area contributed by atoms with Crippen molar-refractivity contribution in [3.8, 4) is 17.1 Å². The molecule has 5 nitrogen and oxygen atoms in total. The summed E-state index contributed by atoms with van der Waals surface area (Å²) < 4.78 is 9.76. The number of thioether (sulfide) groups is 1. The third kappa shape index (κ3) is 3.16. The normalized spacial score (nSPS) is 13.7. The molecule has 3 heterocycles. The van der Waals surface area contributed by atoms with E-state index in [1.165, 1.54) is 22.0 Å². The first-order valence-corrected chi connectivity index (χ1v) is 10.4. The molecular formula is C23H20N4OS. The molecule has 4 aromatic rings. The van der Waals surface area contributed by atoms with Crippen LogP contribution < -0.4 is 4.74 Å². The molecule has 1 aliphatic rings. The number of rotatable bonds is 3. The first-order chi connectivity index (χ1) is 14.2. The van der Waals surface area contributed by atoms with Crippen molar-refractivity contribution < 1.29 is 4.74 Å². The van der Waals surface area contributed by atoms with Gasteiger partial charge < -0.3 is 9.30 Å². The smallest absolute Gasteiger partial charge is 0.192 e. The zero-order valence-electron chi connectivity index (χ0n) is 16.3. The van der Waals surface area contributed by atoms with Gasteiger partial charge in [0.1, 0.15) is 5.75 Å². The molecule has 0 atom stereocenters. The second kappa shape index (κ2) is 7.32. The average molecular weight is 401 g/mol. The molecule has 0 radical (unpaired) electrons. The number of aryl methyl sites for hydroxylation is 1. The topological polar surface area (TPSA) is 44.9 Å². The Balaban J connectivity index is 1.51. The Labute approximate surface area is 173 Å². The molecule has 0 bridgehead atoms. The van der Waals surface area contributed by atoms with E-state index in [2.05, 4.69) is 68.6 Å². The lowest BCUT2D eigenvalue weighted by molar-refractivity contribution is 0.416. The third-order valence-corrected chi connectivity index (χ3v) is 6.19. The number of hydrogen-bond acceptors (Lipinski definition) is 4. The van der Waals surface area contributed by atoms with E-state index in [0.717, 1.165) is 28.0 Å². The second-order valence-electron chi connectivity index (χ2n) is 6.93. The van der Waals surface area contributed by atoms with Crippen molar-refractivity contribution in [1.29, 1.82) is 0 Å². The van der Waals surface area contributed by atoms with Gasteiger partial charge in [-0.3, -0.25) is 4.57 Å². The molecule has 2 aromatic carbocycles. The Morgan fingerprint density at radius 3 is 2.90 bits per heavy atom. The van der Waals surface area contributed by atoms with E-state index in [9.17, 15) is 0 Å². The summed E-state index contributed by atoms with van der Waals surface area (Å²) in [6, 6.07) is 16.6. The van der Waals surface area contributed by atoms with Gasteiger partial charge in [-0.2, -0.15) is 0 Å². The maximum atomic E-state index is 5.51. The van der Waals surface area contributed by atoms with Crippen LogP contribution in [0.3, 0.4) is 0 Å². The Morgan fingerprint density at radius 2 is 2.00 bits per heavy atom. The largest absolute Gasteiger partial charge is 0.496 e. The first-order valence-electron chi connectivity index (χ1n) is 9.43. The number of benzene rings is 2. The number of fused-ring (bicyclic) bond motifs is 2. The zero-order valence-corrected chi connectivity index (χ0v) is 17.1. The summed E-state index contributed by atoms with van der Waals surface area (Å²) in [7, 11) is 3.75. The van der Waals surface area contributed by atoms with E-state index in [4.69, 9.17) is 4.74 Å². The Morgan fingerprint density at radius 1 is 1.10 bits per heavy atom. The predicted octanol–water partition coefficient (Wildman–Crippen LogP) is 4.79. The zero-order chi connectivity index (χ0) is 19.8. The van der Waals surface area contributed by atoms with Crippen LogP contribution in [0.5, 0.6) is 5.75 Å². The summed E-state index contributed by atoms with van der Waals surface area (Å²) in [6.07, 6.45) is 4.16. The van der Waals surface area contributed by atoms with Gasteiger partial charge in [0.2, 0.25) is 0 Å². The lowest BCUT2D eigenvalue weighted by atomic mass is 10.1. The van der Waals surface area contributed by atoms with Gasteiger partial charge in [-0.05, 0) is 42.0 Å². The average Bonchev–Trinajstić information content (AvgIpc) is 3.30. The minimum Gasteiger partial charge on any atom is -0.496 e. The van der Waals surface area contributed by atoms with E-state index >= 15 is 0 Å². The molecule has 0 saturated carbocycles. The molecule has 1 aliphatic heterocycles. The van der Waals surface area contributed by atoms with Crippen LogP contribution in [-0.4, -0.2) is 32.2 Å². The molecule has 0 N–H and O–H groups in total. The van der Waals surface area contributed by atoms with Crippen molar-refractivity contribution in [3.05, 3.63) is 72.1 Å². The molecule has 6 heteroatoms. The molecule has 5 rings (SSSR count). The van der Waals surface area contributed by atoms with Crippen molar-refractivity contribution in [2.45, 2.75) is 11.7 Å². The fourth-order valence-electron chi connectivity index (χ4n) is 3.66. The Hall–Kier alpha value is -3.21. The number of para-hydroxylation sites is 1. The highest BCUT2D eigenvalue weighted by molar-refractivity contribution is 7.99.